The van der Waals surface area contributed by atoms with Crippen molar-refractivity contribution < 1.29 is 9.53 Å². The second-order valence-electron chi connectivity index (χ2n) is 6.19. The van der Waals surface area contributed by atoms with Gasteiger partial charge in [0.2, 0.25) is 5.91 Å². The van der Waals surface area contributed by atoms with Crippen LogP contribution in [0.2, 0.25) is 0 Å². The minimum Gasteiger partial charge on any atom is -0.497 e. The molecule has 4 aromatic rings. The number of rotatable bonds is 5. The van der Waals surface area contributed by atoms with E-state index < -0.39 is 0 Å². The monoisotopic (exact) mass is 362 g/mol. The number of para-hydroxylation sites is 1. The largest absolute Gasteiger partial charge is 0.497 e. The molecule has 7 nitrogen and oxygen atoms in total. The summed E-state index contributed by atoms with van der Waals surface area (Å²) in [7, 11) is 1.60. The van der Waals surface area contributed by atoms with Gasteiger partial charge in [-0.05, 0) is 23.8 Å². The third kappa shape index (κ3) is 3.27. The Bertz CT molecular complexity index is 1180. The van der Waals surface area contributed by atoms with Gasteiger partial charge in [0, 0.05) is 22.8 Å². The molecule has 27 heavy (non-hydrogen) atoms. The summed E-state index contributed by atoms with van der Waals surface area (Å²) in [4.78, 5) is 28.0. The molecule has 0 radical (unpaired) electrons. The van der Waals surface area contributed by atoms with Crippen molar-refractivity contribution in [2.75, 3.05) is 7.11 Å². The number of hydrogen-bond acceptors (Lipinski definition) is 4. The van der Waals surface area contributed by atoms with Crippen LogP contribution < -0.4 is 15.6 Å². The van der Waals surface area contributed by atoms with Crippen molar-refractivity contribution in [1.29, 1.82) is 0 Å². The number of H-pyrrole nitrogens is 1. The van der Waals surface area contributed by atoms with Gasteiger partial charge in [0.05, 0.1) is 13.3 Å². The van der Waals surface area contributed by atoms with Gasteiger partial charge in [-0.1, -0.05) is 30.3 Å². The molecule has 0 saturated carbocycles. The first-order valence-electron chi connectivity index (χ1n) is 8.52. The van der Waals surface area contributed by atoms with Crippen molar-refractivity contribution in [1.82, 2.24) is 20.1 Å². The number of aromatic nitrogens is 3. The third-order valence-electron chi connectivity index (χ3n) is 4.46. The molecule has 2 heterocycles. The predicted molar refractivity (Wildman–Crippen MR) is 103 cm³/mol. The second-order valence-corrected chi connectivity index (χ2v) is 6.19. The number of benzene rings is 2. The van der Waals surface area contributed by atoms with Crippen LogP contribution >= 0.6 is 0 Å². The van der Waals surface area contributed by atoms with Crippen LogP contribution in [-0.4, -0.2) is 27.8 Å². The number of nitrogens with one attached hydrogen (secondary N) is 2. The van der Waals surface area contributed by atoms with Crippen LogP contribution in [0.25, 0.3) is 21.8 Å². The van der Waals surface area contributed by atoms with Crippen LogP contribution in [0.4, 0.5) is 0 Å². The standard InChI is InChI=1S/C20H18N4O3/c1-27-14-8-6-13(7-9-14)10-21-18(25)12-24-20(26)19-16(11-22-24)15-4-2-3-5-17(15)23-19/h2-9,11,23H,10,12H2,1H3,(H,21,25). The number of aromatic amines is 1. The average Bonchev–Trinajstić information content (AvgIpc) is 3.08. The fraction of sp³-hybridized carbons (Fsp3) is 0.150. The molecule has 0 fully saturated rings. The predicted octanol–water partition coefficient (Wildman–Crippen LogP) is 2.20. The van der Waals surface area contributed by atoms with Gasteiger partial charge >= 0.3 is 0 Å². The summed E-state index contributed by atoms with van der Waals surface area (Å²) in [5.41, 5.74) is 1.95. The number of amides is 1. The number of nitrogens with zero attached hydrogens (tertiary/aromatic N) is 2. The van der Waals surface area contributed by atoms with Crippen molar-refractivity contribution in [2.24, 2.45) is 0 Å². The van der Waals surface area contributed by atoms with Gasteiger partial charge in [-0.2, -0.15) is 5.10 Å². The van der Waals surface area contributed by atoms with Gasteiger partial charge in [-0.3, -0.25) is 9.59 Å². The molecule has 0 spiro atoms. The van der Waals surface area contributed by atoms with Gasteiger partial charge in [-0.25, -0.2) is 4.68 Å². The molecule has 4 rings (SSSR count). The maximum Gasteiger partial charge on any atom is 0.291 e. The Morgan fingerprint density at radius 1 is 1.15 bits per heavy atom. The van der Waals surface area contributed by atoms with E-state index in [0.717, 1.165) is 27.6 Å². The van der Waals surface area contributed by atoms with E-state index in [1.807, 2.05) is 48.5 Å². The Morgan fingerprint density at radius 2 is 1.93 bits per heavy atom. The van der Waals surface area contributed by atoms with E-state index in [1.54, 1.807) is 13.3 Å². The van der Waals surface area contributed by atoms with Gasteiger partial charge in [-0.15, -0.1) is 0 Å². The smallest absolute Gasteiger partial charge is 0.291 e. The molecule has 0 unspecified atom stereocenters. The Morgan fingerprint density at radius 3 is 2.70 bits per heavy atom. The number of fused-ring (bicyclic) bond motifs is 3. The van der Waals surface area contributed by atoms with Crippen LogP contribution in [-0.2, 0) is 17.9 Å². The highest BCUT2D eigenvalue weighted by Crippen LogP contribution is 2.21. The lowest BCUT2D eigenvalue weighted by molar-refractivity contribution is -0.122. The van der Waals surface area contributed by atoms with Crippen LogP contribution in [0.3, 0.4) is 0 Å². The molecular weight excluding hydrogens is 344 g/mol. The zero-order valence-electron chi connectivity index (χ0n) is 14.7. The van der Waals surface area contributed by atoms with E-state index in [4.69, 9.17) is 4.74 Å². The lowest BCUT2D eigenvalue weighted by Gasteiger charge is -2.07. The fourth-order valence-corrected chi connectivity index (χ4v) is 3.02. The summed E-state index contributed by atoms with van der Waals surface area (Å²) >= 11 is 0. The fourth-order valence-electron chi connectivity index (χ4n) is 3.02. The molecule has 7 heteroatoms. The van der Waals surface area contributed by atoms with Gasteiger partial charge in [0.1, 0.15) is 17.8 Å². The molecule has 0 aliphatic carbocycles. The highest BCUT2D eigenvalue weighted by atomic mass is 16.5. The Kier molecular flexibility index (Phi) is 4.33. The second kappa shape index (κ2) is 6.95. The van der Waals surface area contributed by atoms with Crippen molar-refractivity contribution in [3.05, 3.63) is 70.6 Å². The minimum atomic E-state index is -0.316. The van der Waals surface area contributed by atoms with Gasteiger partial charge < -0.3 is 15.0 Å². The normalized spacial score (nSPS) is 11.0. The molecule has 0 saturated heterocycles. The molecule has 0 bridgehead atoms. The van der Waals surface area contributed by atoms with Gasteiger partial charge in [0.25, 0.3) is 5.56 Å². The van der Waals surface area contributed by atoms with Crippen molar-refractivity contribution in [3.63, 3.8) is 0 Å². The van der Waals surface area contributed by atoms with Crippen molar-refractivity contribution >= 4 is 27.7 Å². The molecular formula is C20H18N4O3. The van der Waals surface area contributed by atoms with Crippen LogP contribution in [0.1, 0.15) is 5.56 Å². The lowest BCUT2D eigenvalue weighted by atomic mass is 10.2. The maximum atomic E-state index is 12.7. The minimum absolute atomic E-state index is 0.139. The van der Waals surface area contributed by atoms with E-state index in [2.05, 4.69) is 15.4 Å². The number of carbonyl (C=O) groups is 1. The van der Waals surface area contributed by atoms with E-state index in [1.165, 1.54) is 4.68 Å². The number of carbonyl (C=O) groups excluding carboxylic acids is 1. The van der Waals surface area contributed by atoms with Crippen molar-refractivity contribution in [2.45, 2.75) is 13.1 Å². The summed E-state index contributed by atoms with van der Waals surface area (Å²) < 4.78 is 6.27. The first-order valence-corrected chi connectivity index (χ1v) is 8.52. The van der Waals surface area contributed by atoms with Crippen molar-refractivity contribution in [3.8, 4) is 5.75 Å². The zero-order chi connectivity index (χ0) is 18.8. The van der Waals surface area contributed by atoms with Crippen LogP contribution in [0.15, 0.2) is 59.5 Å². The summed E-state index contributed by atoms with van der Waals surface area (Å²) in [6.45, 7) is 0.229. The highest BCUT2D eigenvalue weighted by Gasteiger charge is 2.12. The molecule has 0 atom stereocenters. The Labute approximate surface area is 154 Å². The number of methoxy groups -OCH3 is 1. The van der Waals surface area contributed by atoms with E-state index in [-0.39, 0.29) is 18.0 Å². The topological polar surface area (TPSA) is 89.0 Å². The van der Waals surface area contributed by atoms with E-state index >= 15 is 0 Å². The first-order chi connectivity index (χ1) is 13.2. The number of hydrogen-bond donors (Lipinski definition) is 2. The summed E-state index contributed by atoms with van der Waals surface area (Å²) in [6, 6.07) is 15.1. The highest BCUT2D eigenvalue weighted by molar-refractivity contribution is 6.06. The lowest BCUT2D eigenvalue weighted by Crippen LogP contribution is -2.33. The number of ether oxygens (including phenoxy) is 1. The Hall–Kier alpha value is -3.61. The van der Waals surface area contributed by atoms with E-state index in [0.29, 0.717) is 12.1 Å². The molecule has 2 aromatic heterocycles. The maximum absolute atomic E-state index is 12.7. The third-order valence-corrected chi connectivity index (χ3v) is 4.46. The molecule has 2 aromatic carbocycles. The molecule has 1 amide bonds. The SMILES string of the molecule is COc1ccc(CNC(=O)Cn2ncc3c([nH]c4ccccc43)c2=O)cc1. The summed E-state index contributed by atoms with van der Waals surface area (Å²) in [6.07, 6.45) is 1.62. The van der Waals surface area contributed by atoms with Crippen LogP contribution in [0.5, 0.6) is 5.75 Å². The van der Waals surface area contributed by atoms with Crippen LogP contribution in [0, 0.1) is 0 Å². The first kappa shape index (κ1) is 16.8. The quantitative estimate of drug-likeness (QED) is 0.570. The summed E-state index contributed by atoms with van der Waals surface area (Å²) in [5, 5.41) is 8.64. The van der Waals surface area contributed by atoms with Gasteiger partial charge in [0.15, 0.2) is 0 Å². The average molecular weight is 362 g/mol. The van der Waals surface area contributed by atoms with E-state index in [9.17, 15) is 9.59 Å². The molecule has 2 N–H and O–H groups in total. The zero-order valence-corrected chi connectivity index (χ0v) is 14.7. The molecule has 136 valence electrons. The summed E-state index contributed by atoms with van der Waals surface area (Å²) in [5.74, 6) is 0.475. The molecule has 0 aliphatic rings. The Balaban J connectivity index is 1.50. The molecule has 0 aliphatic heterocycles.